The molecule has 2 nitrogen and oxygen atoms in total. The molecule has 0 heterocycles. The molecule has 0 N–H and O–H groups in total. The van der Waals surface area contributed by atoms with Crippen molar-refractivity contribution in [2.45, 2.75) is 57.8 Å². The van der Waals surface area contributed by atoms with Crippen molar-refractivity contribution < 1.29 is 9.53 Å². The van der Waals surface area contributed by atoms with E-state index in [1.165, 1.54) is 49.5 Å². The molecule has 0 fully saturated rings. The van der Waals surface area contributed by atoms with Gasteiger partial charge in [-0.05, 0) is 47.7 Å². The Balaban J connectivity index is 1.93. The SMILES string of the molecule is CCCCC1(CCCC)c2cc(-c3ccc(Br)cc3C(=O)OC)c#cc2-c2ccccc21. The third-order valence-corrected chi connectivity index (χ3v) is 7.19. The third kappa shape index (κ3) is 3.86. The fraction of sp³-hybridized carbons (Fsp3) is 0.345. The summed E-state index contributed by atoms with van der Waals surface area (Å²) in [6.07, 6.45) is 6.93. The molecule has 0 unspecified atom stereocenters. The van der Waals surface area contributed by atoms with E-state index in [2.05, 4.69) is 72.2 Å². The lowest BCUT2D eigenvalue weighted by Crippen LogP contribution is -2.25. The van der Waals surface area contributed by atoms with E-state index in [4.69, 9.17) is 4.74 Å². The molecule has 3 heteroatoms. The highest BCUT2D eigenvalue weighted by Crippen LogP contribution is 2.54. The van der Waals surface area contributed by atoms with Gasteiger partial charge in [0.25, 0.3) is 0 Å². The zero-order valence-electron chi connectivity index (χ0n) is 19.1. The molecular weight excluding hydrogens is 460 g/mol. The lowest BCUT2D eigenvalue weighted by Gasteiger charge is -2.32. The van der Waals surface area contributed by atoms with Crippen LogP contribution in [0.15, 0.2) is 53.0 Å². The number of rotatable bonds is 8. The number of halogens is 1. The van der Waals surface area contributed by atoms with Crippen molar-refractivity contribution in [3.05, 3.63) is 81.8 Å². The standard InChI is InChI=1S/C29H29BrO2/c1-4-6-16-29(17-7-5-2)26-11-9-8-10-23(26)24-14-12-20(18-27(24)29)22-15-13-21(30)19-25(22)28(31)32-3/h8-11,13,15,18-19H,4-7,16-17H2,1-3H3. The van der Waals surface area contributed by atoms with Crippen LogP contribution >= 0.6 is 15.9 Å². The first-order valence-corrected chi connectivity index (χ1v) is 12.3. The predicted octanol–water partition coefficient (Wildman–Crippen LogP) is 8.15. The van der Waals surface area contributed by atoms with Crippen molar-refractivity contribution >= 4 is 21.9 Å². The summed E-state index contributed by atoms with van der Waals surface area (Å²) in [7, 11) is 1.42. The van der Waals surface area contributed by atoms with Crippen molar-refractivity contribution in [2.24, 2.45) is 0 Å². The summed E-state index contributed by atoms with van der Waals surface area (Å²) >= 11 is 3.48. The van der Waals surface area contributed by atoms with E-state index in [0.717, 1.165) is 34.0 Å². The number of esters is 1. The van der Waals surface area contributed by atoms with Crippen LogP contribution in [0.4, 0.5) is 0 Å². The molecule has 0 radical (unpaired) electrons. The highest BCUT2D eigenvalue weighted by Gasteiger charge is 2.42. The Labute approximate surface area is 200 Å². The minimum Gasteiger partial charge on any atom is -0.465 e. The zero-order valence-corrected chi connectivity index (χ0v) is 20.6. The van der Waals surface area contributed by atoms with Crippen LogP contribution in [0.1, 0.15) is 73.9 Å². The van der Waals surface area contributed by atoms with Gasteiger partial charge < -0.3 is 4.74 Å². The Morgan fingerprint density at radius 1 is 0.938 bits per heavy atom. The molecule has 3 aromatic carbocycles. The second-order valence-corrected chi connectivity index (χ2v) is 9.53. The summed E-state index contributed by atoms with van der Waals surface area (Å²) in [5.41, 5.74) is 7.43. The van der Waals surface area contributed by atoms with Gasteiger partial charge in [0, 0.05) is 26.6 Å². The molecule has 164 valence electrons. The van der Waals surface area contributed by atoms with E-state index in [1.54, 1.807) is 0 Å². The van der Waals surface area contributed by atoms with Crippen LogP contribution in [-0.2, 0) is 10.2 Å². The molecule has 4 rings (SSSR count). The molecule has 1 aliphatic carbocycles. The smallest absolute Gasteiger partial charge is 0.338 e. The lowest BCUT2D eigenvalue weighted by molar-refractivity contribution is 0.0601. The molecule has 0 aliphatic heterocycles. The van der Waals surface area contributed by atoms with Crippen molar-refractivity contribution in [2.75, 3.05) is 7.11 Å². The second kappa shape index (κ2) is 9.51. The van der Waals surface area contributed by atoms with Gasteiger partial charge in [0.05, 0.1) is 12.7 Å². The second-order valence-electron chi connectivity index (χ2n) is 8.61. The Kier molecular flexibility index (Phi) is 6.72. The average Bonchev–Trinajstić information content (AvgIpc) is 3.10. The van der Waals surface area contributed by atoms with Crippen molar-refractivity contribution in [1.82, 2.24) is 0 Å². The number of carbonyl (C=O) groups is 1. The van der Waals surface area contributed by atoms with Crippen LogP contribution in [0.2, 0.25) is 0 Å². The van der Waals surface area contributed by atoms with Crippen molar-refractivity contribution in [3.8, 4) is 22.3 Å². The predicted molar refractivity (Wildman–Crippen MR) is 134 cm³/mol. The first-order valence-electron chi connectivity index (χ1n) is 11.5. The van der Waals surface area contributed by atoms with E-state index < -0.39 is 0 Å². The topological polar surface area (TPSA) is 26.3 Å². The third-order valence-electron chi connectivity index (χ3n) is 6.70. The molecule has 0 amide bonds. The number of methoxy groups -OCH3 is 1. The number of hydrogen-bond acceptors (Lipinski definition) is 2. The molecule has 3 aromatic rings. The number of fused-ring (bicyclic) bond motifs is 3. The summed E-state index contributed by atoms with van der Waals surface area (Å²) < 4.78 is 5.91. The summed E-state index contributed by atoms with van der Waals surface area (Å²) in [5.74, 6) is -0.346. The normalized spacial score (nSPS) is 13.2. The molecule has 1 aliphatic rings. The van der Waals surface area contributed by atoms with Crippen molar-refractivity contribution in [3.63, 3.8) is 0 Å². The molecule has 0 spiro atoms. The molecular formula is C29H29BrO2. The minimum atomic E-state index is -0.346. The first kappa shape index (κ1) is 22.6. The van der Waals surface area contributed by atoms with Crippen LogP contribution in [0, 0.1) is 12.1 Å². The molecule has 0 bridgehead atoms. The minimum absolute atomic E-state index is 0.0148. The fourth-order valence-electron chi connectivity index (χ4n) is 5.10. The number of benzene rings is 2. The summed E-state index contributed by atoms with van der Waals surface area (Å²) in [6.45, 7) is 4.52. The zero-order chi connectivity index (χ0) is 22.7. The van der Waals surface area contributed by atoms with Gasteiger partial charge in [-0.1, -0.05) is 97.9 Å². The van der Waals surface area contributed by atoms with Gasteiger partial charge in [0.2, 0.25) is 0 Å². The number of ether oxygens (including phenoxy) is 1. The van der Waals surface area contributed by atoms with E-state index >= 15 is 0 Å². The summed E-state index contributed by atoms with van der Waals surface area (Å²) in [5, 5.41) is 0. The molecule has 0 atom stereocenters. The van der Waals surface area contributed by atoms with E-state index in [1.807, 2.05) is 18.2 Å². The van der Waals surface area contributed by atoms with Crippen LogP contribution in [0.3, 0.4) is 0 Å². The van der Waals surface area contributed by atoms with Gasteiger partial charge in [-0.25, -0.2) is 4.79 Å². The quantitative estimate of drug-likeness (QED) is 0.299. The largest absolute Gasteiger partial charge is 0.465 e. The van der Waals surface area contributed by atoms with Crippen molar-refractivity contribution in [1.29, 1.82) is 0 Å². The van der Waals surface area contributed by atoms with Crippen LogP contribution in [-0.4, -0.2) is 13.1 Å². The highest BCUT2D eigenvalue weighted by molar-refractivity contribution is 9.10. The Bertz CT molecular complexity index is 1120. The van der Waals surface area contributed by atoms with Gasteiger partial charge in [-0.3, -0.25) is 0 Å². The van der Waals surface area contributed by atoms with E-state index in [0.29, 0.717) is 5.56 Å². The summed E-state index contributed by atoms with van der Waals surface area (Å²) in [4.78, 5) is 12.5. The highest BCUT2D eigenvalue weighted by atomic mass is 79.9. The van der Waals surface area contributed by atoms with Crippen LogP contribution in [0.5, 0.6) is 0 Å². The van der Waals surface area contributed by atoms with Gasteiger partial charge in [-0.15, -0.1) is 0 Å². The maximum absolute atomic E-state index is 12.5. The van der Waals surface area contributed by atoms with E-state index in [-0.39, 0.29) is 11.4 Å². The fourth-order valence-corrected chi connectivity index (χ4v) is 5.46. The Hall–Kier alpha value is -2.57. The molecule has 0 saturated heterocycles. The van der Waals surface area contributed by atoms with Gasteiger partial charge >= 0.3 is 5.97 Å². The molecule has 0 aromatic heterocycles. The maximum Gasteiger partial charge on any atom is 0.338 e. The van der Waals surface area contributed by atoms with E-state index in [9.17, 15) is 4.79 Å². The van der Waals surface area contributed by atoms with Crippen LogP contribution < -0.4 is 0 Å². The van der Waals surface area contributed by atoms with Crippen LogP contribution in [0.25, 0.3) is 22.3 Å². The Morgan fingerprint density at radius 3 is 2.34 bits per heavy atom. The molecule has 0 saturated carbocycles. The first-order chi connectivity index (χ1) is 15.6. The Morgan fingerprint density at radius 2 is 1.66 bits per heavy atom. The summed E-state index contributed by atoms with van der Waals surface area (Å²) in [6, 6.07) is 23.6. The number of hydrogen-bond donors (Lipinski definition) is 0. The number of carbonyl (C=O) groups excluding carboxylic acids is 1. The number of unbranched alkanes of at least 4 members (excludes halogenated alkanes) is 2. The molecule has 32 heavy (non-hydrogen) atoms. The average molecular weight is 489 g/mol. The maximum atomic E-state index is 12.5. The van der Waals surface area contributed by atoms with Gasteiger partial charge in [0.15, 0.2) is 0 Å². The van der Waals surface area contributed by atoms with Gasteiger partial charge in [0.1, 0.15) is 0 Å². The monoisotopic (exact) mass is 488 g/mol. The lowest BCUT2D eigenvalue weighted by atomic mass is 9.70. The van der Waals surface area contributed by atoms with Gasteiger partial charge in [-0.2, -0.15) is 0 Å².